The Labute approximate surface area is 201 Å². The summed E-state index contributed by atoms with van der Waals surface area (Å²) in [6.45, 7) is 1.64. The first kappa shape index (κ1) is 23.5. The second kappa shape index (κ2) is 10.1. The van der Waals surface area contributed by atoms with Crippen molar-refractivity contribution in [2.45, 2.75) is 6.92 Å². The van der Waals surface area contributed by atoms with Gasteiger partial charge in [-0.2, -0.15) is 0 Å². The van der Waals surface area contributed by atoms with Gasteiger partial charge in [0.15, 0.2) is 0 Å². The normalized spacial score (nSPS) is 11.3. The van der Waals surface area contributed by atoms with Crippen LogP contribution >= 0.6 is 0 Å². The minimum atomic E-state index is -0.435. The van der Waals surface area contributed by atoms with Gasteiger partial charge in [0.05, 0.1) is 32.6 Å². The number of carbonyl (C=O) groups excluding carboxylic acids is 2. The summed E-state index contributed by atoms with van der Waals surface area (Å²) in [7, 11) is 4.52. The van der Waals surface area contributed by atoms with Gasteiger partial charge >= 0.3 is 0 Å². The average molecular weight is 476 g/mol. The summed E-state index contributed by atoms with van der Waals surface area (Å²) in [5.74, 6) is 0.567. The molecule has 0 spiro atoms. The molecule has 0 aliphatic carbocycles. The van der Waals surface area contributed by atoms with E-state index in [4.69, 9.17) is 18.6 Å². The van der Waals surface area contributed by atoms with E-state index in [-0.39, 0.29) is 0 Å². The molecule has 9 heteroatoms. The van der Waals surface area contributed by atoms with E-state index in [9.17, 15) is 9.59 Å². The van der Waals surface area contributed by atoms with Gasteiger partial charge in [-0.1, -0.05) is 18.2 Å². The maximum Gasteiger partial charge on any atom is 0.273 e. The zero-order valence-electron chi connectivity index (χ0n) is 19.7. The molecular weight excluding hydrogens is 450 g/mol. The Morgan fingerprint density at radius 3 is 2.34 bits per heavy atom. The van der Waals surface area contributed by atoms with E-state index in [1.165, 1.54) is 27.4 Å². The number of allylic oxidation sites excluding steroid dienone is 1. The summed E-state index contributed by atoms with van der Waals surface area (Å²) in [5, 5.41) is 4.64. The maximum atomic E-state index is 12.6. The molecule has 0 aliphatic rings. The lowest BCUT2D eigenvalue weighted by Gasteiger charge is -2.13. The van der Waals surface area contributed by atoms with Crippen molar-refractivity contribution >= 4 is 39.4 Å². The number of methoxy groups -OCH3 is 3. The zero-order chi connectivity index (χ0) is 24.9. The molecule has 9 nitrogen and oxygen atoms in total. The molecule has 1 aromatic heterocycles. The van der Waals surface area contributed by atoms with Crippen molar-refractivity contribution < 1.29 is 28.2 Å². The van der Waals surface area contributed by atoms with Gasteiger partial charge in [-0.25, -0.2) is 0 Å². The first-order valence-electron chi connectivity index (χ1n) is 10.7. The van der Waals surface area contributed by atoms with Crippen LogP contribution in [0.15, 0.2) is 70.8 Å². The lowest BCUT2D eigenvalue weighted by molar-refractivity contribution is -0.112. The minimum Gasteiger partial charge on any atom is -0.497 e. The molecule has 3 aromatic carbocycles. The van der Waals surface area contributed by atoms with E-state index >= 15 is 0 Å². The van der Waals surface area contributed by atoms with Crippen molar-refractivity contribution in [3.8, 4) is 17.2 Å². The molecule has 0 atom stereocenters. The number of benzene rings is 3. The van der Waals surface area contributed by atoms with Gasteiger partial charge in [0, 0.05) is 34.7 Å². The van der Waals surface area contributed by atoms with Gasteiger partial charge < -0.3 is 29.4 Å². The van der Waals surface area contributed by atoms with Crippen LogP contribution in [0.2, 0.25) is 0 Å². The molecule has 3 N–H and O–H groups in total. The molecule has 2 amide bonds. The van der Waals surface area contributed by atoms with E-state index in [2.05, 4.69) is 16.2 Å². The smallest absolute Gasteiger partial charge is 0.273 e. The van der Waals surface area contributed by atoms with Gasteiger partial charge in [-0.05, 0) is 31.2 Å². The molecule has 1 heterocycles. The molecule has 0 radical (unpaired) electrons. The Bertz CT molecular complexity index is 1440. The molecule has 35 heavy (non-hydrogen) atoms. The summed E-state index contributed by atoms with van der Waals surface area (Å²) >= 11 is 0. The van der Waals surface area contributed by atoms with Crippen LogP contribution in [0.25, 0.3) is 21.9 Å². The van der Waals surface area contributed by atoms with Gasteiger partial charge in [0.25, 0.3) is 5.91 Å². The highest BCUT2D eigenvalue weighted by molar-refractivity contribution is 6.08. The third-order valence-electron chi connectivity index (χ3n) is 5.33. The lowest BCUT2D eigenvalue weighted by Crippen LogP contribution is -2.36. The van der Waals surface area contributed by atoms with Crippen molar-refractivity contribution in [3.63, 3.8) is 0 Å². The first-order valence-corrected chi connectivity index (χ1v) is 10.7. The number of furan rings is 1. The second-order valence-corrected chi connectivity index (χ2v) is 7.61. The quantitative estimate of drug-likeness (QED) is 0.256. The van der Waals surface area contributed by atoms with Crippen LogP contribution in [-0.4, -0.2) is 33.1 Å². The molecular formula is C26H25N3O6. The van der Waals surface area contributed by atoms with E-state index in [1.807, 2.05) is 30.3 Å². The number of nitrogens with one attached hydrogen (secondary N) is 3. The van der Waals surface area contributed by atoms with Gasteiger partial charge in [-0.3, -0.25) is 15.0 Å². The molecule has 0 unspecified atom stereocenters. The highest BCUT2D eigenvalue weighted by Crippen LogP contribution is 2.36. The van der Waals surface area contributed by atoms with Crippen LogP contribution in [0.5, 0.6) is 17.2 Å². The number of rotatable bonds is 8. The van der Waals surface area contributed by atoms with Gasteiger partial charge in [0.1, 0.15) is 28.4 Å². The molecule has 0 bridgehead atoms. The minimum absolute atomic E-state index is 0.307. The number of hydrogen-bond acceptors (Lipinski definition) is 7. The monoisotopic (exact) mass is 475 g/mol. The predicted molar refractivity (Wildman–Crippen MR) is 133 cm³/mol. The molecule has 0 saturated heterocycles. The third-order valence-corrected chi connectivity index (χ3v) is 5.33. The van der Waals surface area contributed by atoms with Crippen LogP contribution in [0.1, 0.15) is 17.3 Å². The number of fused-ring (bicyclic) bond motifs is 3. The van der Waals surface area contributed by atoms with Gasteiger partial charge in [0.2, 0.25) is 5.91 Å². The molecule has 4 rings (SSSR count). The van der Waals surface area contributed by atoms with Crippen molar-refractivity contribution in [1.29, 1.82) is 0 Å². The number of hydrogen-bond donors (Lipinski definition) is 3. The average Bonchev–Trinajstić information content (AvgIpc) is 3.23. The largest absolute Gasteiger partial charge is 0.497 e. The maximum absolute atomic E-state index is 12.6. The van der Waals surface area contributed by atoms with E-state index < -0.39 is 11.8 Å². The van der Waals surface area contributed by atoms with E-state index in [0.29, 0.717) is 39.8 Å². The van der Waals surface area contributed by atoms with Crippen LogP contribution in [0.3, 0.4) is 0 Å². The zero-order valence-corrected chi connectivity index (χ0v) is 19.7. The molecule has 0 aliphatic heterocycles. The molecule has 0 saturated carbocycles. The second-order valence-electron chi connectivity index (χ2n) is 7.61. The Balaban J connectivity index is 1.45. The number of para-hydroxylation sites is 1. The van der Waals surface area contributed by atoms with E-state index in [0.717, 1.165) is 16.4 Å². The molecule has 180 valence electrons. The van der Waals surface area contributed by atoms with Crippen molar-refractivity contribution in [1.82, 2.24) is 10.9 Å². The predicted octanol–water partition coefficient (Wildman–Crippen LogP) is 4.39. The summed E-state index contributed by atoms with van der Waals surface area (Å²) in [4.78, 5) is 25.2. The van der Waals surface area contributed by atoms with Crippen molar-refractivity contribution in [2.75, 3.05) is 26.6 Å². The molecule has 0 fully saturated rings. The van der Waals surface area contributed by atoms with Crippen LogP contribution in [0.4, 0.5) is 5.69 Å². The highest BCUT2D eigenvalue weighted by atomic mass is 16.5. The number of anilines is 1. The summed E-state index contributed by atoms with van der Waals surface area (Å²) in [5.41, 5.74) is 7.81. The van der Waals surface area contributed by atoms with Crippen molar-refractivity contribution in [2.24, 2.45) is 0 Å². The number of hydrazine groups is 1. The number of ether oxygens (including phenoxy) is 3. The topological polar surface area (TPSA) is 111 Å². The fraction of sp³-hybridized carbons (Fsp3) is 0.154. The Kier molecular flexibility index (Phi) is 6.77. The van der Waals surface area contributed by atoms with Crippen LogP contribution in [0, 0.1) is 0 Å². The highest BCUT2D eigenvalue weighted by Gasteiger charge is 2.15. The fourth-order valence-corrected chi connectivity index (χ4v) is 3.63. The number of amides is 2. The standard InChI is InChI=1S/C26H25N3O6/c1-15(28-29-26(31)18-10-9-16(32-2)12-22(18)33-3)11-25(30)27-20-14-23-19(13-24(20)34-4)17-7-5-6-8-21(17)35-23/h5-14,28H,1-4H3,(H,27,30)(H,29,31)/b15-11-. The Morgan fingerprint density at radius 2 is 1.60 bits per heavy atom. The van der Waals surface area contributed by atoms with Gasteiger partial charge in [-0.15, -0.1) is 0 Å². The summed E-state index contributed by atoms with van der Waals surface area (Å²) < 4.78 is 21.8. The third kappa shape index (κ3) is 4.98. The number of carbonyl (C=O) groups is 2. The SMILES string of the molecule is COc1ccc(C(=O)NN/C(C)=C\C(=O)Nc2cc3oc4ccccc4c3cc2OC)c(OC)c1. The van der Waals surface area contributed by atoms with E-state index in [1.54, 1.807) is 31.2 Å². The Morgan fingerprint density at radius 1 is 0.829 bits per heavy atom. The van der Waals surface area contributed by atoms with Crippen LogP contribution < -0.4 is 30.4 Å². The first-order chi connectivity index (χ1) is 16.9. The van der Waals surface area contributed by atoms with Crippen LogP contribution in [-0.2, 0) is 4.79 Å². The summed E-state index contributed by atoms with van der Waals surface area (Å²) in [6.07, 6.45) is 1.31. The summed E-state index contributed by atoms with van der Waals surface area (Å²) in [6, 6.07) is 16.1. The lowest BCUT2D eigenvalue weighted by atomic mass is 10.1. The molecule has 4 aromatic rings. The van der Waals surface area contributed by atoms with Crippen molar-refractivity contribution in [3.05, 3.63) is 71.9 Å². The Hall–Kier alpha value is -4.66. The fourth-order valence-electron chi connectivity index (χ4n) is 3.63.